The van der Waals surface area contributed by atoms with E-state index in [1.54, 1.807) is 0 Å². The first-order valence-electron chi connectivity index (χ1n) is 7.78. The van der Waals surface area contributed by atoms with Crippen LogP contribution < -0.4 is 0 Å². The molecule has 2 aromatic heterocycles. The Morgan fingerprint density at radius 3 is 2.79 bits per heavy atom. The minimum atomic E-state index is -4.27. The van der Waals surface area contributed by atoms with E-state index in [2.05, 4.69) is 15.1 Å². The number of carbonyl (C=O) groups excluding carboxylic acids is 1. The lowest BCUT2D eigenvalue weighted by molar-refractivity contribution is -0.187. The van der Waals surface area contributed by atoms with Crippen molar-refractivity contribution in [3.63, 3.8) is 0 Å². The van der Waals surface area contributed by atoms with Crippen LogP contribution in [0.3, 0.4) is 0 Å². The van der Waals surface area contributed by atoms with Crippen LogP contribution in [0, 0.1) is 19.8 Å². The van der Waals surface area contributed by atoms with Gasteiger partial charge in [0.05, 0.1) is 12.3 Å². The second kappa shape index (κ2) is 6.03. The lowest BCUT2D eigenvalue weighted by Crippen LogP contribution is -2.45. The summed E-state index contributed by atoms with van der Waals surface area (Å²) in [6.07, 6.45) is -3.96. The van der Waals surface area contributed by atoms with Crippen LogP contribution in [-0.2, 0) is 11.2 Å². The molecule has 9 heteroatoms. The molecule has 24 heavy (non-hydrogen) atoms. The highest BCUT2D eigenvalue weighted by molar-refractivity contribution is 5.78. The molecule has 1 aliphatic heterocycles. The zero-order chi connectivity index (χ0) is 17.5. The quantitative estimate of drug-likeness (QED) is 0.839. The minimum absolute atomic E-state index is 0.0717. The fraction of sp³-hybridized carbons (Fsp3) is 0.600. The summed E-state index contributed by atoms with van der Waals surface area (Å²) in [7, 11) is 0. The first-order valence-corrected chi connectivity index (χ1v) is 7.78. The molecule has 0 unspecified atom stereocenters. The highest BCUT2D eigenvalue weighted by Gasteiger charge is 2.42. The summed E-state index contributed by atoms with van der Waals surface area (Å²) in [5, 5.41) is 4.23. The van der Waals surface area contributed by atoms with Crippen LogP contribution in [0.2, 0.25) is 0 Å². The van der Waals surface area contributed by atoms with E-state index in [-0.39, 0.29) is 31.1 Å². The molecule has 0 spiro atoms. The normalized spacial score (nSPS) is 19.0. The Bertz CT molecular complexity index is 770. The van der Waals surface area contributed by atoms with Crippen LogP contribution >= 0.6 is 0 Å². The molecule has 0 aliphatic carbocycles. The molecule has 1 amide bonds. The Hall–Kier alpha value is -2.19. The summed E-state index contributed by atoms with van der Waals surface area (Å²) in [6, 6.07) is 1.84. The van der Waals surface area contributed by atoms with Crippen molar-refractivity contribution in [1.29, 1.82) is 0 Å². The maximum Gasteiger partial charge on any atom is 0.393 e. The van der Waals surface area contributed by atoms with Crippen molar-refractivity contribution < 1.29 is 18.0 Å². The van der Waals surface area contributed by atoms with Gasteiger partial charge >= 0.3 is 6.18 Å². The molecule has 1 fully saturated rings. The van der Waals surface area contributed by atoms with Gasteiger partial charge in [0, 0.05) is 24.5 Å². The van der Waals surface area contributed by atoms with Crippen LogP contribution in [0.5, 0.6) is 0 Å². The number of halogens is 3. The lowest BCUT2D eigenvalue weighted by atomic mass is 9.97. The number of aryl methyl sites for hydroxylation is 2. The third kappa shape index (κ3) is 3.34. The molecule has 3 rings (SSSR count). The zero-order valence-electron chi connectivity index (χ0n) is 13.5. The predicted molar refractivity (Wildman–Crippen MR) is 79.3 cm³/mol. The number of amides is 1. The van der Waals surface area contributed by atoms with Crippen molar-refractivity contribution in [2.75, 3.05) is 13.1 Å². The van der Waals surface area contributed by atoms with Crippen molar-refractivity contribution in [2.24, 2.45) is 5.92 Å². The summed E-state index contributed by atoms with van der Waals surface area (Å²) in [4.78, 5) is 22.0. The third-order valence-corrected chi connectivity index (χ3v) is 4.21. The molecule has 0 radical (unpaired) electrons. The van der Waals surface area contributed by atoms with Gasteiger partial charge in [-0.2, -0.15) is 18.2 Å². The number of piperidine rings is 1. The van der Waals surface area contributed by atoms with Crippen molar-refractivity contribution in [3.05, 3.63) is 23.3 Å². The summed E-state index contributed by atoms with van der Waals surface area (Å²) < 4.78 is 40.1. The maximum absolute atomic E-state index is 12.9. The van der Waals surface area contributed by atoms with Crippen molar-refractivity contribution in [3.8, 4) is 0 Å². The number of likely N-dealkylation sites (tertiary alicyclic amines) is 1. The first-order chi connectivity index (χ1) is 11.2. The number of aromatic nitrogens is 4. The van der Waals surface area contributed by atoms with Gasteiger partial charge in [0.1, 0.15) is 0 Å². The molecular formula is C15H18F3N5O. The van der Waals surface area contributed by atoms with Gasteiger partial charge in [0.2, 0.25) is 5.91 Å². The molecule has 1 aliphatic rings. The standard InChI is InChI=1S/C15H18F3N5O/c1-9-6-10(2)23-14(19-9)20-12(21-23)7-13(24)22-5-3-4-11(8-22)15(16,17)18/h6,11H,3-5,7-8H2,1-2H3/t11-/m0/s1. The Labute approximate surface area is 136 Å². The van der Waals surface area contributed by atoms with E-state index in [9.17, 15) is 18.0 Å². The van der Waals surface area contributed by atoms with Crippen LogP contribution in [0.4, 0.5) is 13.2 Å². The summed E-state index contributed by atoms with van der Waals surface area (Å²) in [5.41, 5.74) is 1.62. The van der Waals surface area contributed by atoms with Gasteiger partial charge in [-0.25, -0.2) is 9.50 Å². The maximum atomic E-state index is 12.9. The Kier molecular flexibility index (Phi) is 4.18. The Morgan fingerprint density at radius 1 is 1.33 bits per heavy atom. The fourth-order valence-corrected chi connectivity index (χ4v) is 3.00. The van der Waals surface area contributed by atoms with Crippen LogP contribution in [0.15, 0.2) is 6.07 Å². The summed E-state index contributed by atoms with van der Waals surface area (Å²) >= 11 is 0. The van der Waals surface area contributed by atoms with Crippen molar-refractivity contribution in [1.82, 2.24) is 24.5 Å². The SMILES string of the molecule is Cc1cc(C)n2nc(CC(=O)N3CCC[C@H](C(F)(F)F)C3)nc2n1. The third-order valence-electron chi connectivity index (χ3n) is 4.21. The topological polar surface area (TPSA) is 63.4 Å². The Morgan fingerprint density at radius 2 is 2.08 bits per heavy atom. The second-order valence-corrected chi connectivity index (χ2v) is 6.18. The summed E-state index contributed by atoms with van der Waals surface area (Å²) in [6.45, 7) is 3.74. The van der Waals surface area contributed by atoms with E-state index in [1.807, 2.05) is 19.9 Å². The van der Waals surface area contributed by atoms with Gasteiger partial charge in [0.25, 0.3) is 5.78 Å². The Balaban J connectivity index is 1.74. The zero-order valence-corrected chi connectivity index (χ0v) is 13.5. The second-order valence-electron chi connectivity index (χ2n) is 6.18. The van der Waals surface area contributed by atoms with E-state index < -0.39 is 12.1 Å². The number of rotatable bonds is 2. The molecule has 1 saturated heterocycles. The first kappa shape index (κ1) is 16.7. The molecule has 0 saturated carbocycles. The van der Waals surface area contributed by atoms with E-state index in [4.69, 9.17) is 0 Å². The van der Waals surface area contributed by atoms with Crippen molar-refractivity contribution in [2.45, 2.75) is 39.3 Å². The van der Waals surface area contributed by atoms with Crippen LogP contribution in [0.25, 0.3) is 5.78 Å². The van der Waals surface area contributed by atoms with E-state index >= 15 is 0 Å². The van der Waals surface area contributed by atoms with Gasteiger partial charge in [0.15, 0.2) is 5.82 Å². The fourth-order valence-electron chi connectivity index (χ4n) is 3.00. The minimum Gasteiger partial charge on any atom is -0.342 e. The predicted octanol–water partition coefficient (Wildman–Crippen LogP) is 2.08. The number of nitrogens with zero attached hydrogens (tertiary/aromatic N) is 5. The molecule has 6 nitrogen and oxygen atoms in total. The lowest BCUT2D eigenvalue weighted by Gasteiger charge is -2.33. The summed E-state index contributed by atoms with van der Waals surface area (Å²) in [5.74, 6) is -1.16. The average molecular weight is 341 g/mol. The van der Waals surface area contributed by atoms with Gasteiger partial charge in [-0.3, -0.25) is 4.79 Å². The molecule has 2 aromatic rings. The molecular weight excluding hydrogens is 323 g/mol. The van der Waals surface area contributed by atoms with E-state index in [0.29, 0.717) is 18.7 Å². The monoisotopic (exact) mass is 341 g/mol. The number of hydrogen-bond acceptors (Lipinski definition) is 4. The van der Waals surface area contributed by atoms with E-state index in [0.717, 1.165) is 11.4 Å². The highest BCUT2D eigenvalue weighted by Crippen LogP contribution is 2.33. The molecule has 0 N–H and O–H groups in total. The number of carbonyl (C=O) groups is 1. The van der Waals surface area contributed by atoms with Crippen LogP contribution in [-0.4, -0.2) is 49.7 Å². The molecule has 130 valence electrons. The largest absolute Gasteiger partial charge is 0.393 e. The van der Waals surface area contributed by atoms with Gasteiger partial charge in [-0.1, -0.05) is 0 Å². The number of hydrogen-bond donors (Lipinski definition) is 0. The van der Waals surface area contributed by atoms with Gasteiger partial charge in [-0.05, 0) is 32.8 Å². The molecule has 0 aromatic carbocycles. The molecule has 3 heterocycles. The van der Waals surface area contributed by atoms with E-state index in [1.165, 1.54) is 9.42 Å². The molecule has 0 bridgehead atoms. The smallest absolute Gasteiger partial charge is 0.342 e. The number of alkyl halides is 3. The number of fused-ring (bicyclic) bond motifs is 1. The van der Waals surface area contributed by atoms with Gasteiger partial charge < -0.3 is 4.90 Å². The van der Waals surface area contributed by atoms with Crippen LogP contribution in [0.1, 0.15) is 30.1 Å². The van der Waals surface area contributed by atoms with Crippen molar-refractivity contribution >= 4 is 11.7 Å². The average Bonchev–Trinajstić information content (AvgIpc) is 2.89. The molecule has 1 atom stereocenters. The van der Waals surface area contributed by atoms with Gasteiger partial charge in [-0.15, -0.1) is 5.10 Å². The highest BCUT2D eigenvalue weighted by atomic mass is 19.4.